The lowest BCUT2D eigenvalue weighted by molar-refractivity contribution is -0.134. The maximum absolute atomic E-state index is 13.2. The second-order valence-corrected chi connectivity index (χ2v) is 8.65. The molecule has 8 nitrogen and oxygen atoms in total. The molecule has 0 bridgehead atoms. The number of amides is 1. The molecular formula is C23H21N5O3S. The van der Waals surface area contributed by atoms with Crippen LogP contribution in [0.1, 0.15) is 28.9 Å². The fraction of sp³-hybridized carbons (Fsp3) is 0.217. The summed E-state index contributed by atoms with van der Waals surface area (Å²) in [5, 5.41) is 8.69. The summed E-state index contributed by atoms with van der Waals surface area (Å²) in [6.45, 7) is 0.446. The van der Waals surface area contributed by atoms with Gasteiger partial charge in [-0.2, -0.15) is 5.10 Å². The molecule has 4 aromatic rings. The van der Waals surface area contributed by atoms with Crippen molar-refractivity contribution in [1.82, 2.24) is 19.9 Å². The summed E-state index contributed by atoms with van der Waals surface area (Å²) in [5.74, 6) is 1.07. The Hall–Kier alpha value is -3.56. The summed E-state index contributed by atoms with van der Waals surface area (Å²) in [7, 11) is 1.81. The van der Waals surface area contributed by atoms with Gasteiger partial charge in [0.05, 0.1) is 40.8 Å². The number of aromatic amines is 1. The second kappa shape index (κ2) is 8.52. The van der Waals surface area contributed by atoms with Gasteiger partial charge in [0.2, 0.25) is 0 Å². The molecule has 0 spiro atoms. The van der Waals surface area contributed by atoms with Crippen molar-refractivity contribution >= 4 is 33.9 Å². The van der Waals surface area contributed by atoms with Crippen molar-refractivity contribution in [2.24, 2.45) is 5.10 Å². The highest BCUT2D eigenvalue weighted by atomic mass is 32.1. The zero-order chi connectivity index (χ0) is 22.1. The van der Waals surface area contributed by atoms with Gasteiger partial charge in [0.15, 0.2) is 0 Å². The van der Waals surface area contributed by atoms with E-state index in [-0.39, 0.29) is 24.1 Å². The number of nitrogens with zero attached hydrogens (tertiary/aromatic N) is 4. The number of furan rings is 1. The van der Waals surface area contributed by atoms with Crippen LogP contribution in [0.5, 0.6) is 0 Å². The van der Waals surface area contributed by atoms with Crippen LogP contribution in [0.2, 0.25) is 0 Å². The van der Waals surface area contributed by atoms with Crippen LogP contribution >= 0.6 is 11.3 Å². The van der Waals surface area contributed by atoms with Crippen molar-refractivity contribution in [3.8, 4) is 0 Å². The predicted octanol–water partition coefficient (Wildman–Crippen LogP) is 3.39. The van der Waals surface area contributed by atoms with E-state index in [9.17, 15) is 9.59 Å². The Balaban J connectivity index is 1.34. The number of H-pyrrole nitrogens is 1. The molecule has 32 heavy (non-hydrogen) atoms. The molecule has 4 heterocycles. The fourth-order valence-corrected chi connectivity index (χ4v) is 4.58. The van der Waals surface area contributed by atoms with E-state index in [1.165, 1.54) is 5.01 Å². The molecule has 1 amide bonds. The molecule has 1 unspecified atom stereocenters. The number of fused-ring (bicyclic) bond motifs is 1. The van der Waals surface area contributed by atoms with Crippen molar-refractivity contribution in [1.29, 1.82) is 0 Å². The number of thiophene rings is 1. The van der Waals surface area contributed by atoms with Gasteiger partial charge in [-0.3, -0.25) is 14.5 Å². The van der Waals surface area contributed by atoms with E-state index in [0.717, 1.165) is 10.6 Å². The highest BCUT2D eigenvalue weighted by Crippen LogP contribution is 2.34. The molecule has 0 saturated carbocycles. The number of carbonyl (C=O) groups is 1. The number of aromatic nitrogens is 2. The first kappa shape index (κ1) is 20.3. The molecule has 9 heteroatoms. The lowest BCUT2D eigenvalue weighted by Gasteiger charge is -2.23. The summed E-state index contributed by atoms with van der Waals surface area (Å²) in [6, 6.07) is 14.6. The Bertz CT molecular complexity index is 1330. The quantitative estimate of drug-likeness (QED) is 0.489. The van der Waals surface area contributed by atoms with E-state index in [4.69, 9.17) is 4.42 Å². The second-order valence-electron chi connectivity index (χ2n) is 7.70. The zero-order valence-electron chi connectivity index (χ0n) is 17.4. The molecule has 0 radical (unpaired) electrons. The Kier molecular flexibility index (Phi) is 5.42. The van der Waals surface area contributed by atoms with E-state index in [2.05, 4.69) is 15.1 Å². The number of para-hydroxylation sites is 1. The number of likely N-dealkylation sites (N-methyl/N-ethyl adjacent to an activating group) is 1. The third-order valence-corrected chi connectivity index (χ3v) is 6.25. The van der Waals surface area contributed by atoms with Crippen LogP contribution < -0.4 is 5.56 Å². The van der Waals surface area contributed by atoms with E-state index in [1.54, 1.807) is 35.8 Å². The maximum atomic E-state index is 13.2. The van der Waals surface area contributed by atoms with Gasteiger partial charge in [0.1, 0.15) is 17.6 Å². The summed E-state index contributed by atoms with van der Waals surface area (Å²) in [6.07, 6.45) is 2.21. The number of hydrogen-bond donors (Lipinski definition) is 1. The number of benzene rings is 1. The third-order valence-electron chi connectivity index (χ3n) is 5.33. The molecular weight excluding hydrogens is 426 g/mol. The molecule has 1 aliphatic heterocycles. The highest BCUT2D eigenvalue weighted by Gasteiger charge is 2.35. The molecule has 162 valence electrons. The van der Waals surface area contributed by atoms with E-state index < -0.39 is 0 Å². The Morgan fingerprint density at radius 3 is 2.91 bits per heavy atom. The highest BCUT2D eigenvalue weighted by molar-refractivity contribution is 7.12. The Morgan fingerprint density at radius 1 is 1.25 bits per heavy atom. The summed E-state index contributed by atoms with van der Waals surface area (Å²) >= 11 is 1.60. The first-order valence-corrected chi connectivity index (χ1v) is 11.1. The molecule has 0 aliphatic carbocycles. The lowest BCUT2D eigenvalue weighted by Crippen LogP contribution is -2.36. The van der Waals surface area contributed by atoms with Crippen LogP contribution in [0.4, 0.5) is 0 Å². The van der Waals surface area contributed by atoms with Crippen molar-refractivity contribution in [2.45, 2.75) is 19.0 Å². The molecule has 5 rings (SSSR count). The maximum Gasteiger partial charge on any atom is 0.258 e. The summed E-state index contributed by atoms with van der Waals surface area (Å²) in [5.41, 5.74) is 1.32. The van der Waals surface area contributed by atoms with Gasteiger partial charge in [-0.05, 0) is 42.8 Å². The van der Waals surface area contributed by atoms with Crippen molar-refractivity contribution in [3.63, 3.8) is 0 Å². The molecule has 1 N–H and O–H groups in total. The minimum absolute atomic E-state index is 0.120. The smallest absolute Gasteiger partial charge is 0.258 e. The van der Waals surface area contributed by atoms with Gasteiger partial charge in [-0.25, -0.2) is 9.99 Å². The van der Waals surface area contributed by atoms with Crippen molar-refractivity contribution in [2.75, 3.05) is 13.6 Å². The number of hydrazone groups is 1. The Morgan fingerprint density at radius 2 is 2.12 bits per heavy atom. The van der Waals surface area contributed by atoms with Crippen molar-refractivity contribution < 1.29 is 9.21 Å². The number of carbonyl (C=O) groups excluding carboxylic acids is 1. The monoisotopic (exact) mass is 447 g/mol. The third kappa shape index (κ3) is 4.00. The van der Waals surface area contributed by atoms with E-state index in [0.29, 0.717) is 35.5 Å². The van der Waals surface area contributed by atoms with Crippen LogP contribution in [0.25, 0.3) is 10.9 Å². The van der Waals surface area contributed by atoms with Gasteiger partial charge < -0.3 is 9.40 Å². The van der Waals surface area contributed by atoms with Gasteiger partial charge >= 0.3 is 0 Å². The zero-order valence-corrected chi connectivity index (χ0v) is 18.2. The molecule has 1 atom stereocenters. The number of hydrogen-bond acceptors (Lipinski definition) is 7. The van der Waals surface area contributed by atoms with Crippen molar-refractivity contribution in [3.05, 3.63) is 87.0 Å². The van der Waals surface area contributed by atoms with Crippen LogP contribution in [0.15, 0.2) is 74.5 Å². The molecule has 0 saturated heterocycles. The minimum atomic E-state index is -0.276. The average molecular weight is 448 g/mol. The van der Waals surface area contributed by atoms with Crippen LogP contribution in [-0.2, 0) is 11.3 Å². The average Bonchev–Trinajstić information content (AvgIpc) is 3.54. The van der Waals surface area contributed by atoms with Crippen LogP contribution in [0.3, 0.4) is 0 Å². The van der Waals surface area contributed by atoms with Crippen LogP contribution in [-0.4, -0.2) is 45.1 Å². The minimum Gasteiger partial charge on any atom is -0.467 e. The first-order valence-electron chi connectivity index (χ1n) is 10.2. The van der Waals surface area contributed by atoms with E-state index in [1.807, 2.05) is 47.7 Å². The van der Waals surface area contributed by atoms with Crippen LogP contribution in [0, 0.1) is 0 Å². The molecule has 0 fully saturated rings. The van der Waals surface area contributed by atoms with Gasteiger partial charge in [-0.15, -0.1) is 11.3 Å². The largest absolute Gasteiger partial charge is 0.467 e. The van der Waals surface area contributed by atoms with Gasteiger partial charge in [0, 0.05) is 6.42 Å². The molecule has 1 aromatic carbocycles. The van der Waals surface area contributed by atoms with Gasteiger partial charge in [-0.1, -0.05) is 18.2 Å². The van der Waals surface area contributed by atoms with Gasteiger partial charge in [0.25, 0.3) is 11.5 Å². The normalized spacial score (nSPS) is 16.1. The SMILES string of the molecule is CN(CC(=O)N1N=C(c2cccs2)CC1c1ccco1)Cc1nc2ccccc2c(=O)[nH]1. The van der Waals surface area contributed by atoms with E-state index >= 15 is 0 Å². The number of rotatable bonds is 6. The number of nitrogens with one attached hydrogen (secondary N) is 1. The summed E-state index contributed by atoms with van der Waals surface area (Å²) in [4.78, 5) is 35.7. The predicted molar refractivity (Wildman–Crippen MR) is 122 cm³/mol. The molecule has 3 aromatic heterocycles. The first-order chi connectivity index (χ1) is 15.6. The lowest BCUT2D eigenvalue weighted by atomic mass is 10.1. The molecule has 1 aliphatic rings. The topological polar surface area (TPSA) is 94.8 Å². The fourth-order valence-electron chi connectivity index (χ4n) is 3.86. The Labute approximate surface area is 187 Å². The standard InChI is InChI=1S/C23H21N5O3S/c1-27(13-21-24-16-7-3-2-6-15(16)23(30)25-21)14-22(29)28-18(19-8-4-10-31-19)12-17(26-28)20-9-5-11-32-20/h2-11,18H,12-14H2,1H3,(H,24,25,30). The summed E-state index contributed by atoms with van der Waals surface area (Å²) < 4.78 is 5.59.